The summed E-state index contributed by atoms with van der Waals surface area (Å²) < 4.78 is 29.5. The molecule has 0 aliphatic rings. The van der Waals surface area contributed by atoms with Crippen molar-refractivity contribution in [2.45, 2.75) is 19.6 Å². The van der Waals surface area contributed by atoms with E-state index in [9.17, 15) is 14.0 Å². The van der Waals surface area contributed by atoms with Crippen molar-refractivity contribution in [2.75, 3.05) is 5.32 Å². The van der Waals surface area contributed by atoms with Gasteiger partial charge in [-0.2, -0.15) is 0 Å². The van der Waals surface area contributed by atoms with Gasteiger partial charge in [0.15, 0.2) is 6.10 Å². The van der Waals surface area contributed by atoms with Crippen LogP contribution in [0.5, 0.6) is 5.75 Å². The van der Waals surface area contributed by atoms with E-state index in [2.05, 4.69) is 5.32 Å². The molecule has 0 radical (unpaired) electrons. The Morgan fingerprint density at radius 2 is 1.79 bits per heavy atom. The van der Waals surface area contributed by atoms with Gasteiger partial charge in [-0.15, -0.1) is 0 Å². The van der Waals surface area contributed by atoms with Crippen LogP contribution in [0.1, 0.15) is 23.0 Å². The predicted molar refractivity (Wildman–Crippen MR) is 99.4 cm³/mol. The molecule has 6 nitrogen and oxygen atoms in total. The van der Waals surface area contributed by atoms with Crippen LogP contribution in [0.3, 0.4) is 0 Å². The fourth-order valence-corrected chi connectivity index (χ4v) is 2.37. The summed E-state index contributed by atoms with van der Waals surface area (Å²) in [4.78, 5) is 24.5. The molecule has 3 aromatic rings. The van der Waals surface area contributed by atoms with Crippen molar-refractivity contribution < 1.29 is 27.9 Å². The molecule has 1 atom stereocenters. The number of nitrogens with one attached hydrogen (secondary N) is 1. The van der Waals surface area contributed by atoms with E-state index in [1.807, 2.05) is 18.2 Å². The molecule has 1 aromatic heterocycles. The number of benzene rings is 2. The highest BCUT2D eigenvalue weighted by Crippen LogP contribution is 2.18. The Morgan fingerprint density at radius 1 is 1.07 bits per heavy atom. The summed E-state index contributed by atoms with van der Waals surface area (Å²) in [5.74, 6) is -1.47. The van der Waals surface area contributed by atoms with Gasteiger partial charge in [0.05, 0.1) is 12.0 Å². The van der Waals surface area contributed by atoms with Gasteiger partial charge in [-0.25, -0.2) is 9.18 Å². The van der Waals surface area contributed by atoms with Crippen molar-refractivity contribution in [3.8, 4) is 5.75 Å². The second-order valence-corrected chi connectivity index (χ2v) is 5.89. The first-order valence-corrected chi connectivity index (χ1v) is 8.55. The Bertz CT molecular complexity index is 954. The molecule has 0 bridgehead atoms. The van der Waals surface area contributed by atoms with Crippen molar-refractivity contribution in [2.24, 2.45) is 0 Å². The number of halogens is 1. The third-order valence-corrected chi connectivity index (χ3v) is 3.85. The Hall–Kier alpha value is -3.61. The summed E-state index contributed by atoms with van der Waals surface area (Å²) in [6.45, 7) is 1.48. The van der Waals surface area contributed by atoms with Crippen LogP contribution in [0.4, 0.5) is 10.1 Å². The lowest BCUT2D eigenvalue weighted by atomic mass is 10.2. The first-order chi connectivity index (χ1) is 13.5. The smallest absolute Gasteiger partial charge is 0.375 e. The predicted octanol–water partition coefficient (Wildman–Crippen LogP) is 4.18. The van der Waals surface area contributed by atoms with Gasteiger partial charge in [-0.1, -0.05) is 30.3 Å². The number of esters is 1. The lowest BCUT2D eigenvalue weighted by Gasteiger charge is -2.13. The normalized spacial score (nSPS) is 11.5. The number of carbonyl (C=O) groups is 2. The van der Waals surface area contributed by atoms with Crippen LogP contribution in [-0.4, -0.2) is 18.0 Å². The zero-order chi connectivity index (χ0) is 19.9. The fourth-order valence-electron chi connectivity index (χ4n) is 2.37. The average Bonchev–Trinajstić information content (AvgIpc) is 3.17. The molecule has 1 N–H and O–H groups in total. The largest absolute Gasteiger partial charge is 0.489 e. The van der Waals surface area contributed by atoms with E-state index in [4.69, 9.17) is 13.9 Å². The molecular formula is C21H18FNO5. The summed E-state index contributed by atoms with van der Waals surface area (Å²) in [5, 5.41) is 2.38. The van der Waals surface area contributed by atoms with Crippen molar-refractivity contribution in [3.05, 3.63) is 84.1 Å². The van der Waals surface area contributed by atoms with E-state index in [1.54, 1.807) is 24.3 Å². The minimum absolute atomic E-state index is 0.00495. The van der Waals surface area contributed by atoms with Gasteiger partial charge < -0.3 is 19.2 Å². The van der Waals surface area contributed by atoms with Crippen molar-refractivity contribution >= 4 is 17.6 Å². The molecule has 0 aliphatic carbocycles. The summed E-state index contributed by atoms with van der Waals surface area (Å²) in [6.07, 6.45) is 0.185. The van der Waals surface area contributed by atoms with Crippen molar-refractivity contribution in [3.63, 3.8) is 0 Å². The average molecular weight is 383 g/mol. The Balaban J connectivity index is 1.59. The molecule has 0 fully saturated rings. The van der Waals surface area contributed by atoms with Crippen LogP contribution in [0.25, 0.3) is 0 Å². The maximum absolute atomic E-state index is 13.6. The van der Waals surface area contributed by atoms with E-state index >= 15 is 0 Å². The van der Waals surface area contributed by atoms with E-state index in [0.29, 0.717) is 11.3 Å². The summed E-state index contributed by atoms with van der Waals surface area (Å²) >= 11 is 0. The van der Waals surface area contributed by atoms with Gasteiger partial charge in [0.25, 0.3) is 5.91 Å². The van der Waals surface area contributed by atoms with Crippen LogP contribution in [0.15, 0.2) is 71.3 Å². The molecule has 3 rings (SSSR count). The van der Waals surface area contributed by atoms with Gasteiger partial charge in [0.2, 0.25) is 5.76 Å². The number of ether oxygens (including phenoxy) is 2. The number of amides is 1. The monoisotopic (exact) mass is 383 g/mol. The zero-order valence-electron chi connectivity index (χ0n) is 15.1. The minimum Gasteiger partial charge on any atom is -0.489 e. The number of hydrogen-bond acceptors (Lipinski definition) is 5. The number of hydrogen-bond donors (Lipinski definition) is 1. The quantitative estimate of drug-likeness (QED) is 0.619. The second kappa shape index (κ2) is 8.85. The highest BCUT2D eigenvalue weighted by molar-refractivity contribution is 5.97. The molecule has 0 saturated heterocycles. The number of carbonyl (C=O) groups excluding carboxylic acids is 2. The SMILES string of the molecule is C[C@@H](OC(=O)c1occc1COc1ccccc1)C(=O)Nc1ccccc1F. The molecule has 28 heavy (non-hydrogen) atoms. The van der Waals surface area contributed by atoms with Crippen LogP contribution >= 0.6 is 0 Å². The summed E-state index contributed by atoms with van der Waals surface area (Å²) in [6, 6.07) is 16.4. The first-order valence-electron chi connectivity index (χ1n) is 8.55. The Kier molecular flexibility index (Phi) is 6.06. The first kappa shape index (κ1) is 19.2. The van der Waals surface area contributed by atoms with Crippen LogP contribution < -0.4 is 10.1 Å². The van der Waals surface area contributed by atoms with Crippen LogP contribution in [0, 0.1) is 5.82 Å². The van der Waals surface area contributed by atoms with Gasteiger partial charge in [-0.3, -0.25) is 4.79 Å². The maximum atomic E-state index is 13.6. The molecule has 1 heterocycles. The number of rotatable bonds is 7. The molecule has 7 heteroatoms. The second-order valence-electron chi connectivity index (χ2n) is 5.89. The van der Waals surface area contributed by atoms with Gasteiger partial charge >= 0.3 is 5.97 Å². The molecule has 1 amide bonds. The Morgan fingerprint density at radius 3 is 2.54 bits per heavy atom. The van der Waals surface area contributed by atoms with Crippen molar-refractivity contribution in [1.29, 1.82) is 0 Å². The maximum Gasteiger partial charge on any atom is 0.375 e. The molecule has 144 valence electrons. The fraction of sp³-hybridized carbons (Fsp3) is 0.143. The zero-order valence-corrected chi connectivity index (χ0v) is 15.1. The number of furan rings is 1. The molecule has 0 unspecified atom stereocenters. The molecule has 0 spiro atoms. The van der Waals surface area contributed by atoms with E-state index in [1.165, 1.54) is 31.4 Å². The van der Waals surface area contributed by atoms with Gasteiger partial charge in [0.1, 0.15) is 18.2 Å². The number of anilines is 1. The van der Waals surface area contributed by atoms with E-state index in [0.717, 1.165) is 0 Å². The summed E-state index contributed by atoms with van der Waals surface area (Å²) in [7, 11) is 0. The van der Waals surface area contributed by atoms with Gasteiger partial charge in [-0.05, 0) is 37.3 Å². The lowest BCUT2D eigenvalue weighted by Crippen LogP contribution is -2.30. The Labute approximate surface area is 160 Å². The van der Waals surface area contributed by atoms with Gasteiger partial charge in [0, 0.05) is 5.56 Å². The van der Waals surface area contributed by atoms with E-state index in [-0.39, 0.29) is 18.1 Å². The minimum atomic E-state index is -1.15. The highest BCUT2D eigenvalue weighted by Gasteiger charge is 2.24. The highest BCUT2D eigenvalue weighted by atomic mass is 19.1. The third-order valence-electron chi connectivity index (χ3n) is 3.85. The van der Waals surface area contributed by atoms with Crippen LogP contribution in [-0.2, 0) is 16.1 Å². The molecule has 0 aliphatic heterocycles. The summed E-state index contributed by atoms with van der Waals surface area (Å²) in [5.41, 5.74) is 0.487. The third kappa shape index (κ3) is 4.76. The molecule has 2 aromatic carbocycles. The topological polar surface area (TPSA) is 77.8 Å². The molecule has 0 saturated carbocycles. The number of para-hydroxylation sites is 2. The lowest BCUT2D eigenvalue weighted by molar-refractivity contribution is -0.123. The van der Waals surface area contributed by atoms with Crippen LogP contribution in [0.2, 0.25) is 0 Å². The molecular weight excluding hydrogens is 365 g/mol. The standard InChI is InChI=1S/C21H18FNO5/c1-14(20(24)23-18-10-6-5-9-17(18)22)28-21(25)19-15(11-12-26-19)13-27-16-7-3-2-4-8-16/h2-12,14H,13H2,1H3,(H,23,24)/t14-/m1/s1. The van der Waals surface area contributed by atoms with E-state index < -0.39 is 23.8 Å². The van der Waals surface area contributed by atoms with Crippen molar-refractivity contribution in [1.82, 2.24) is 0 Å².